The van der Waals surface area contributed by atoms with E-state index in [1.165, 1.54) is 11.3 Å². The Morgan fingerprint density at radius 2 is 1.82 bits per heavy atom. The Morgan fingerprint density at radius 1 is 1.07 bits per heavy atom. The molecule has 148 valence electrons. The average Bonchev–Trinajstić information content (AvgIpc) is 3.01. The second-order valence-corrected chi connectivity index (χ2v) is 9.30. The summed E-state index contributed by atoms with van der Waals surface area (Å²) in [6.07, 6.45) is 0.0784. The van der Waals surface area contributed by atoms with Gasteiger partial charge < -0.3 is 15.2 Å². The van der Waals surface area contributed by atoms with Gasteiger partial charge in [0.25, 0.3) is 0 Å². The Morgan fingerprint density at radius 3 is 2.54 bits per heavy atom. The zero-order chi connectivity index (χ0) is 20.3. The quantitative estimate of drug-likeness (QED) is 0.533. The highest BCUT2D eigenvalue weighted by molar-refractivity contribution is 7.19. The van der Waals surface area contributed by atoms with Crippen molar-refractivity contribution in [3.8, 4) is 33.2 Å². The van der Waals surface area contributed by atoms with Crippen molar-refractivity contribution in [2.75, 3.05) is 12.3 Å². The van der Waals surface area contributed by atoms with E-state index in [-0.39, 0.29) is 11.5 Å². The van der Waals surface area contributed by atoms with Gasteiger partial charge in [-0.3, -0.25) is 0 Å². The van der Waals surface area contributed by atoms with E-state index in [1.807, 2.05) is 56.3 Å². The molecule has 0 aliphatic rings. The Balaban J connectivity index is 2.00. The molecule has 4 nitrogen and oxygen atoms in total. The minimum atomic E-state index is 0.0784. The van der Waals surface area contributed by atoms with Crippen molar-refractivity contribution < 1.29 is 9.47 Å². The summed E-state index contributed by atoms with van der Waals surface area (Å²) < 4.78 is 12.0. The Hall–Kier alpha value is -2.53. The number of nitrogen functional groups attached to an aromatic ring is 1. The summed E-state index contributed by atoms with van der Waals surface area (Å²) in [5, 5.41) is 0.533. The zero-order valence-electron chi connectivity index (χ0n) is 17.2. The highest BCUT2D eigenvalue weighted by atomic mass is 32.1. The summed E-state index contributed by atoms with van der Waals surface area (Å²) in [6.45, 7) is 11.2. The molecule has 0 amide bonds. The molecule has 3 aromatic rings. The molecule has 5 heteroatoms. The van der Waals surface area contributed by atoms with E-state index < -0.39 is 0 Å². The van der Waals surface area contributed by atoms with Crippen molar-refractivity contribution >= 4 is 16.5 Å². The van der Waals surface area contributed by atoms with Crippen LogP contribution in [0.15, 0.2) is 48.5 Å². The summed E-state index contributed by atoms with van der Waals surface area (Å²) in [4.78, 5) is 5.63. The number of para-hydroxylation sites is 1. The van der Waals surface area contributed by atoms with Crippen molar-refractivity contribution in [2.45, 2.75) is 40.7 Å². The number of nitrogens with zero attached hydrogens (tertiary/aromatic N) is 1. The largest absolute Gasteiger partial charge is 0.493 e. The number of rotatable bonds is 6. The first-order valence-electron chi connectivity index (χ1n) is 9.48. The lowest BCUT2D eigenvalue weighted by molar-refractivity contribution is 0.198. The third kappa shape index (κ3) is 5.04. The standard InChI is InChI=1S/C23H28N2O2S/c1-15(2)27-19-12-7-6-11-18(19)20-21(28-22(24)25-20)16-9-8-10-17(13-16)26-14-23(3,4)5/h6-13,15H,14H2,1-5H3,(H2,24,25). The summed E-state index contributed by atoms with van der Waals surface area (Å²) >= 11 is 1.48. The molecular weight excluding hydrogens is 368 g/mol. The van der Waals surface area contributed by atoms with Crippen LogP contribution in [0, 0.1) is 5.41 Å². The average molecular weight is 397 g/mol. The summed E-state index contributed by atoms with van der Waals surface area (Å²) in [6, 6.07) is 16.1. The third-order valence-corrected chi connectivity index (χ3v) is 4.85. The third-order valence-electron chi connectivity index (χ3n) is 3.92. The van der Waals surface area contributed by atoms with E-state index in [1.54, 1.807) is 0 Å². The van der Waals surface area contributed by atoms with Crippen LogP contribution in [0.25, 0.3) is 21.7 Å². The van der Waals surface area contributed by atoms with Crippen molar-refractivity contribution in [1.29, 1.82) is 0 Å². The maximum absolute atomic E-state index is 6.09. The number of anilines is 1. The number of hydrogen-bond acceptors (Lipinski definition) is 5. The normalized spacial score (nSPS) is 11.6. The Labute approximate surface area is 171 Å². The minimum Gasteiger partial charge on any atom is -0.493 e. The number of hydrogen-bond donors (Lipinski definition) is 1. The summed E-state index contributed by atoms with van der Waals surface area (Å²) in [7, 11) is 0. The summed E-state index contributed by atoms with van der Waals surface area (Å²) in [5.41, 5.74) is 9.02. The molecule has 1 aromatic heterocycles. The molecule has 0 bridgehead atoms. The molecule has 28 heavy (non-hydrogen) atoms. The molecular formula is C23H28N2O2S. The van der Waals surface area contributed by atoms with E-state index in [0.29, 0.717) is 11.7 Å². The van der Waals surface area contributed by atoms with Crippen LogP contribution < -0.4 is 15.2 Å². The lowest BCUT2D eigenvalue weighted by Gasteiger charge is -2.19. The van der Waals surface area contributed by atoms with Crippen LogP contribution in [-0.2, 0) is 0 Å². The van der Waals surface area contributed by atoms with Crippen LogP contribution in [0.3, 0.4) is 0 Å². The predicted molar refractivity (Wildman–Crippen MR) is 118 cm³/mol. The molecule has 2 aromatic carbocycles. The fraction of sp³-hybridized carbons (Fsp3) is 0.348. The van der Waals surface area contributed by atoms with Gasteiger partial charge in [-0.1, -0.05) is 56.4 Å². The predicted octanol–water partition coefficient (Wildman–Crippen LogP) is 6.27. The molecule has 0 aliphatic carbocycles. The van der Waals surface area contributed by atoms with Gasteiger partial charge in [0.05, 0.1) is 23.3 Å². The van der Waals surface area contributed by atoms with E-state index >= 15 is 0 Å². The van der Waals surface area contributed by atoms with E-state index in [4.69, 9.17) is 15.2 Å². The van der Waals surface area contributed by atoms with Crippen LogP contribution >= 0.6 is 11.3 Å². The summed E-state index contributed by atoms with van der Waals surface area (Å²) in [5.74, 6) is 1.65. The molecule has 0 spiro atoms. The molecule has 0 aliphatic heterocycles. The highest BCUT2D eigenvalue weighted by Crippen LogP contribution is 2.42. The monoisotopic (exact) mass is 396 g/mol. The van der Waals surface area contributed by atoms with Crippen LogP contribution in [0.4, 0.5) is 5.13 Å². The van der Waals surface area contributed by atoms with Crippen molar-refractivity contribution in [2.24, 2.45) is 5.41 Å². The highest BCUT2D eigenvalue weighted by Gasteiger charge is 2.18. The van der Waals surface area contributed by atoms with Gasteiger partial charge in [0, 0.05) is 5.56 Å². The van der Waals surface area contributed by atoms with Gasteiger partial charge >= 0.3 is 0 Å². The Kier molecular flexibility index (Phi) is 5.94. The SMILES string of the molecule is CC(C)Oc1ccccc1-c1nc(N)sc1-c1cccc(OCC(C)(C)C)c1. The van der Waals surface area contributed by atoms with Gasteiger partial charge in [-0.15, -0.1) is 0 Å². The Bertz CT molecular complexity index is 942. The molecule has 0 saturated carbocycles. The first-order valence-corrected chi connectivity index (χ1v) is 10.3. The fourth-order valence-corrected chi connectivity index (χ4v) is 3.60. The number of thiazole rings is 1. The fourth-order valence-electron chi connectivity index (χ4n) is 2.76. The first kappa shape index (κ1) is 20.2. The lowest BCUT2D eigenvalue weighted by Crippen LogP contribution is -2.16. The second-order valence-electron chi connectivity index (χ2n) is 8.27. The number of benzene rings is 2. The molecule has 0 radical (unpaired) electrons. The minimum absolute atomic E-state index is 0.0784. The van der Waals surface area contributed by atoms with Crippen LogP contribution in [0.2, 0.25) is 0 Å². The van der Waals surface area contributed by atoms with Gasteiger partial charge in [-0.25, -0.2) is 4.98 Å². The van der Waals surface area contributed by atoms with Gasteiger partial charge in [0.15, 0.2) is 5.13 Å². The molecule has 0 unspecified atom stereocenters. The molecule has 0 fully saturated rings. The number of aromatic nitrogens is 1. The zero-order valence-corrected chi connectivity index (χ0v) is 18.0. The van der Waals surface area contributed by atoms with Gasteiger partial charge in [0.1, 0.15) is 11.5 Å². The van der Waals surface area contributed by atoms with E-state index in [9.17, 15) is 0 Å². The number of nitrogens with two attached hydrogens (primary N) is 1. The second kappa shape index (κ2) is 8.23. The van der Waals surface area contributed by atoms with E-state index in [2.05, 4.69) is 31.8 Å². The van der Waals surface area contributed by atoms with Gasteiger partial charge in [0.2, 0.25) is 0 Å². The van der Waals surface area contributed by atoms with Gasteiger partial charge in [-0.05, 0) is 49.1 Å². The first-order chi connectivity index (χ1) is 13.2. The molecule has 0 saturated heterocycles. The van der Waals surface area contributed by atoms with E-state index in [0.717, 1.165) is 33.2 Å². The number of ether oxygens (including phenoxy) is 2. The molecule has 3 rings (SSSR count). The molecule has 2 N–H and O–H groups in total. The topological polar surface area (TPSA) is 57.4 Å². The lowest BCUT2D eigenvalue weighted by atomic mass is 9.99. The smallest absolute Gasteiger partial charge is 0.181 e. The molecule has 1 heterocycles. The van der Waals surface area contributed by atoms with Crippen molar-refractivity contribution in [3.63, 3.8) is 0 Å². The van der Waals surface area contributed by atoms with Crippen molar-refractivity contribution in [3.05, 3.63) is 48.5 Å². The van der Waals surface area contributed by atoms with Crippen LogP contribution in [0.5, 0.6) is 11.5 Å². The maximum Gasteiger partial charge on any atom is 0.181 e. The van der Waals surface area contributed by atoms with Crippen LogP contribution in [0.1, 0.15) is 34.6 Å². The van der Waals surface area contributed by atoms with Crippen molar-refractivity contribution in [1.82, 2.24) is 4.98 Å². The maximum atomic E-state index is 6.09. The van der Waals surface area contributed by atoms with Gasteiger partial charge in [-0.2, -0.15) is 0 Å². The molecule has 0 atom stereocenters. The van der Waals surface area contributed by atoms with Crippen LogP contribution in [-0.4, -0.2) is 17.7 Å².